The molecule has 0 saturated heterocycles. The SMILES string of the molecule is CCC(C)NC(=O)c1cc2cccnc2n(Cc2ccc(C)cc2)c1=O. The Morgan fingerprint density at radius 3 is 2.65 bits per heavy atom. The average Bonchev–Trinajstić information content (AvgIpc) is 2.65. The number of hydrogen-bond acceptors (Lipinski definition) is 3. The molecule has 1 N–H and O–H groups in total. The second-order valence-electron chi connectivity index (χ2n) is 6.63. The summed E-state index contributed by atoms with van der Waals surface area (Å²) in [5.74, 6) is -0.340. The van der Waals surface area contributed by atoms with Crippen LogP contribution in [0.1, 0.15) is 41.8 Å². The van der Waals surface area contributed by atoms with Crippen LogP contribution >= 0.6 is 0 Å². The lowest BCUT2D eigenvalue weighted by Crippen LogP contribution is -2.37. The third-order valence-electron chi connectivity index (χ3n) is 4.54. The average molecular weight is 349 g/mol. The first-order valence-corrected chi connectivity index (χ1v) is 8.84. The maximum Gasteiger partial charge on any atom is 0.265 e. The highest BCUT2D eigenvalue weighted by Crippen LogP contribution is 2.13. The first-order chi connectivity index (χ1) is 12.5. The van der Waals surface area contributed by atoms with Crippen LogP contribution in [-0.4, -0.2) is 21.5 Å². The van der Waals surface area contributed by atoms with Gasteiger partial charge in [-0.2, -0.15) is 0 Å². The molecule has 0 aliphatic heterocycles. The van der Waals surface area contributed by atoms with Gasteiger partial charge < -0.3 is 5.32 Å². The third-order valence-corrected chi connectivity index (χ3v) is 4.54. The van der Waals surface area contributed by atoms with Gasteiger partial charge in [0.2, 0.25) is 0 Å². The minimum absolute atomic E-state index is 0.0112. The summed E-state index contributed by atoms with van der Waals surface area (Å²) >= 11 is 0. The summed E-state index contributed by atoms with van der Waals surface area (Å²) < 4.78 is 1.57. The molecule has 134 valence electrons. The number of benzene rings is 1. The van der Waals surface area contributed by atoms with Crippen molar-refractivity contribution in [3.63, 3.8) is 0 Å². The van der Waals surface area contributed by atoms with Gasteiger partial charge in [0.1, 0.15) is 11.2 Å². The zero-order valence-corrected chi connectivity index (χ0v) is 15.3. The van der Waals surface area contributed by atoms with E-state index < -0.39 is 0 Å². The Morgan fingerprint density at radius 2 is 1.96 bits per heavy atom. The topological polar surface area (TPSA) is 64.0 Å². The Hall–Kier alpha value is -2.95. The molecule has 26 heavy (non-hydrogen) atoms. The molecule has 0 aliphatic rings. The van der Waals surface area contributed by atoms with E-state index in [1.54, 1.807) is 22.9 Å². The van der Waals surface area contributed by atoms with Crippen molar-refractivity contribution in [3.05, 3.63) is 75.7 Å². The summed E-state index contributed by atoms with van der Waals surface area (Å²) in [7, 11) is 0. The zero-order chi connectivity index (χ0) is 18.7. The summed E-state index contributed by atoms with van der Waals surface area (Å²) in [6.45, 7) is 6.31. The highest BCUT2D eigenvalue weighted by molar-refractivity contribution is 5.97. The van der Waals surface area contributed by atoms with Gasteiger partial charge in [0.25, 0.3) is 11.5 Å². The molecule has 0 aliphatic carbocycles. The van der Waals surface area contributed by atoms with Crippen LogP contribution in [0.25, 0.3) is 11.0 Å². The third kappa shape index (κ3) is 3.67. The second-order valence-corrected chi connectivity index (χ2v) is 6.63. The van der Waals surface area contributed by atoms with Crippen molar-refractivity contribution in [1.29, 1.82) is 0 Å². The fourth-order valence-corrected chi connectivity index (χ4v) is 2.80. The molecule has 3 aromatic rings. The fourth-order valence-electron chi connectivity index (χ4n) is 2.80. The van der Waals surface area contributed by atoms with Crippen molar-refractivity contribution in [1.82, 2.24) is 14.9 Å². The second kappa shape index (κ2) is 7.52. The molecular formula is C21H23N3O2. The molecule has 1 unspecified atom stereocenters. The summed E-state index contributed by atoms with van der Waals surface area (Å²) in [5.41, 5.74) is 2.56. The van der Waals surface area contributed by atoms with Crippen molar-refractivity contribution >= 4 is 16.9 Å². The Labute approximate surface area is 152 Å². The molecule has 1 aromatic carbocycles. The van der Waals surface area contributed by atoms with Crippen LogP contribution in [0, 0.1) is 6.92 Å². The molecule has 2 heterocycles. The summed E-state index contributed by atoms with van der Waals surface area (Å²) in [6.07, 6.45) is 2.46. The summed E-state index contributed by atoms with van der Waals surface area (Å²) in [6, 6.07) is 13.3. The predicted octanol–water partition coefficient (Wildman–Crippen LogP) is 3.28. The van der Waals surface area contributed by atoms with E-state index in [9.17, 15) is 9.59 Å². The highest BCUT2D eigenvalue weighted by Gasteiger charge is 2.17. The number of nitrogens with one attached hydrogen (secondary N) is 1. The largest absolute Gasteiger partial charge is 0.349 e. The van der Waals surface area contributed by atoms with Crippen LogP contribution in [0.5, 0.6) is 0 Å². The molecule has 1 atom stereocenters. The van der Waals surface area contributed by atoms with Gasteiger partial charge in [-0.15, -0.1) is 0 Å². The Bertz CT molecular complexity index is 990. The highest BCUT2D eigenvalue weighted by atomic mass is 16.2. The number of amides is 1. The number of nitrogens with zero attached hydrogens (tertiary/aromatic N) is 2. The summed E-state index contributed by atoms with van der Waals surface area (Å²) in [4.78, 5) is 30.0. The van der Waals surface area contributed by atoms with Crippen LogP contribution < -0.4 is 10.9 Å². The van der Waals surface area contributed by atoms with E-state index in [1.807, 2.05) is 51.1 Å². The number of rotatable bonds is 5. The predicted molar refractivity (Wildman–Crippen MR) is 104 cm³/mol. The van der Waals surface area contributed by atoms with Gasteiger partial charge in [-0.05, 0) is 44.0 Å². The monoisotopic (exact) mass is 349 g/mol. The van der Waals surface area contributed by atoms with E-state index in [1.165, 1.54) is 0 Å². The smallest absolute Gasteiger partial charge is 0.265 e. The normalized spacial score (nSPS) is 12.1. The quantitative estimate of drug-likeness (QED) is 0.769. The van der Waals surface area contributed by atoms with E-state index in [2.05, 4.69) is 10.3 Å². The van der Waals surface area contributed by atoms with Crippen LogP contribution in [-0.2, 0) is 6.54 Å². The van der Waals surface area contributed by atoms with E-state index in [0.717, 1.165) is 22.9 Å². The number of carbonyl (C=O) groups is 1. The molecular weight excluding hydrogens is 326 g/mol. The molecule has 1 amide bonds. The van der Waals surface area contributed by atoms with Gasteiger partial charge in [-0.3, -0.25) is 14.2 Å². The molecule has 5 nitrogen and oxygen atoms in total. The van der Waals surface area contributed by atoms with Crippen molar-refractivity contribution in [2.75, 3.05) is 0 Å². The molecule has 0 radical (unpaired) electrons. The molecule has 0 spiro atoms. The number of fused-ring (bicyclic) bond motifs is 1. The Kier molecular flexibility index (Phi) is 5.16. The number of hydrogen-bond donors (Lipinski definition) is 1. The maximum absolute atomic E-state index is 13.0. The van der Waals surface area contributed by atoms with Crippen molar-refractivity contribution < 1.29 is 4.79 Å². The van der Waals surface area contributed by atoms with E-state index >= 15 is 0 Å². The molecule has 0 saturated carbocycles. The van der Waals surface area contributed by atoms with Crippen LogP contribution in [0.15, 0.2) is 53.5 Å². The van der Waals surface area contributed by atoms with Gasteiger partial charge in [-0.25, -0.2) is 4.98 Å². The van der Waals surface area contributed by atoms with E-state index in [-0.39, 0.29) is 23.1 Å². The lowest BCUT2D eigenvalue weighted by atomic mass is 10.1. The van der Waals surface area contributed by atoms with Crippen LogP contribution in [0.3, 0.4) is 0 Å². The lowest BCUT2D eigenvalue weighted by Gasteiger charge is -2.14. The van der Waals surface area contributed by atoms with Crippen molar-refractivity contribution in [2.45, 2.75) is 39.8 Å². The molecule has 2 aromatic heterocycles. The molecule has 3 rings (SSSR count). The van der Waals surface area contributed by atoms with Gasteiger partial charge in [0.05, 0.1) is 6.54 Å². The fraction of sp³-hybridized carbons (Fsp3) is 0.286. The van der Waals surface area contributed by atoms with Crippen LogP contribution in [0.4, 0.5) is 0 Å². The lowest BCUT2D eigenvalue weighted by molar-refractivity contribution is 0.0937. The zero-order valence-electron chi connectivity index (χ0n) is 15.3. The van der Waals surface area contributed by atoms with Crippen molar-refractivity contribution in [2.24, 2.45) is 0 Å². The van der Waals surface area contributed by atoms with E-state index in [0.29, 0.717) is 12.2 Å². The van der Waals surface area contributed by atoms with E-state index in [4.69, 9.17) is 0 Å². The molecule has 0 fully saturated rings. The number of aryl methyl sites for hydroxylation is 1. The van der Waals surface area contributed by atoms with Gasteiger partial charge in [-0.1, -0.05) is 36.8 Å². The first-order valence-electron chi connectivity index (χ1n) is 8.84. The Balaban J connectivity index is 2.11. The number of pyridine rings is 2. The minimum Gasteiger partial charge on any atom is -0.349 e. The van der Waals surface area contributed by atoms with Gasteiger partial charge in [0.15, 0.2) is 0 Å². The number of carbonyl (C=O) groups excluding carboxylic acids is 1. The van der Waals surface area contributed by atoms with Crippen molar-refractivity contribution in [3.8, 4) is 0 Å². The standard InChI is InChI=1S/C21H23N3O2/c1-4-15(3)23-20(25)18-12-17-6-5-11-22-19(17)24(21(18)26)13-16-9-7-14(2)8-10-16/h5-12,15H,4,13H2,1-3H3,(H,23,25). The minimum atomic E-state index is -0.340. The van der Waals surface area contributed by atoms with Gasteiger partial charge in [0, 0.05) is 17.6 Å². The van der Waals surface area contributed by atoms with Gasteiger partial charge >= 0.3 is 0 Å². The number of aromatic nitrogens is 2. The molecule has 5 heteroatoms. The summed E-state index contributed by atoms with van der Waals surface area (Å²) in [5, 5.41) is 3.65. The maximum atomic E-state index is 13.0. The van der Waals surface area contributed by atoms with Crippen LogP contribution in [0.2, 0.25) is 0 Å². The first kappa shape index (κ1) is 17.9. The Morgan fingerprint density at radius 1 is 1.23 bits per heavy atom. The molecule has 0 bridgehead atoms.